The van der Waals surface area contributed by atoms with Gasteiger partial charge in [-0.2, -0.15) is 0 Å². The summed E-state index contributed by atoms with van der Waals surface area (Å²) < 4.78 is 5.50. The summed E-state index contributed by atoms with van der Waals surface area (Å²) in [6.45, 7) is 3.64. The zero-order valence-corrected chi connectivity index (χ0v) is 9.52. The molecule has 0 fully saturated rings. The third kappa shape index (κ3) is 2.28. The molecule has 2 aromatic rings. The minimum atomic E-state index is -1.02. The Balaban J connectivity index is 2.40. The fraction of sp³-hybridized carbons (Fsp3) is 0.167. The molecule has 0 amide bonds. The minimum Gasteiger partial charge on any atom is -0.478 e. The summed E-state index contributed by atoms with van der Waals surface area (Å²) in [5.74, 6) is -0.332. The molecule has 1 aromatic carbocycles. The van der Waals surface area contributed by atoms with Crippen LogP contribution in [0.5, 0.6) is 11.6 Å². The number of aromatic nitrogens is 2. The molecule has 2 N–H and O–H groups in total. The highest BCUT2D eigenvalue weighted by atomic mass is 16.5. The van der Waals surface area contributed by atoms with Crippen molar-refractivity contribution in [2.75, 3.05) is 0 Å². The Labute approximate surface area is 98.0 Å². The van der Waals surface area contributed by atoms with Gasteiger partial charge in [0, 0.05) is 11.8 Å². The van der Waals surface area contributed by atoms with Gasteiger partial charge in [0.25, 0.3) is 0 Å². The molecule has 0 aliphatic rings. The van der Waals surface area contributed by atoms with E-state index in [1.54, 1.807) is 25.1 Å². The van der Waals surface area contributed by atoms with Crippen molar-refractivity contribution in [1.29, 1.82) is 0 Å². The SMILES string of the molecule is Cc1cc(Oc2c(C)cccc2C(=O)O)n[nH]1. The second kappa shape index (κ2) is 4.29. The van der Waals surface area contributed by atoms with Gasteiger partial charge >= 0.3 is 5.97 Å². The van der Waals surface area contributed by atoms with E-state index in [-0.39, 0.29) is 5.56 Å². The summed E-state index contributed by atoms with van der Waals surface area (Å²) in [6.07, 6.45) is 0. The lowest BCUT2D eigenvalue weighted by Gasteiger charge is -2.08. The number of carbonyl (C=O) groups is 1. The maximum Gasteiger partial charge on any atom is 0.339 e. The zero-order valence-electron chi connectivity index (χ0n) is 9.52. The van der Waals surface area contributed by atoms with Gasteiger partial charge in [0.15, 0.2) is 0 Å². The molecule has 5 heteroatoms. The lowest BCUT2D eigenvalue weighted by atomic mass is 10.1. The number of hydrogen-bond donors (Lipinski definition) is 2. The van der Waals surface area contributed by atoms with Crippen molar-refractivity contribution in [2.45, 2.75) is 13.8 Å². The van der Waals surface area contributed by atoms with E-state index < -0.39 is 5.97 Å². The molecular formula is C12H12N2O3. The topological polar surface area (TPSA) is 75.2 Å². The summed E-state index contributed by atoms with van der Waals surface area (Å²) in [7, 11) is 0. The number of rotatable bonds is 3. The van der Waals surface area contributed by atoms with Gasteiger partial charge in [0.1, 0.15) is 11.3 Å². The second-order valence-corrected chi connectivity index (χ2v) is 3.75. The van der Waals surface area contributed by atoms with E-state index in [1.807, 2.05) is 6.92 Å². The normalized spacial score (nSPS) is 10.2. The Morgan fingerprint density at radius 1 is 1.41 bits per heavy atom. The van der Waals surface area contributed by atoms with Crippen LogP contribution in [-0.2, 0) is 0 Å². The highest BCUT2D eigenvalue weighted by molar-refractivity contribution is 5.91. The average Bonchev–Trinajstić information content (AvgIpc) is 2.67. The predicted molar refractivity (Wildman–Crippen MR) is 61.5 cm³/mol. The van der Waals surface area contributed by atoms with Crippen LogP contribution in [0.1, 0.15) is 21.6 Å². The molecule has 0 saturated carbocycles. The number of hydrogen-bond acceptors (Lipinski definition) is 3. The second-order valence-electron chi connectivity index (χ2n) is 3.75. The predicted octanol–water partition coefficient (Wildman–Crippen LogP) is 2.52. The first-order chi connectivity index (χ1) is 8.08. The molecule has 0 bridgehead atoms. The van der Waals surface area contributed by atoms with Crippen molar-refractivity contribution in [3.8, 4) is 11.6 Å². The van der Waals surface area contributed by atoms with E-state index in [4.69, 9.17) is 9.84 Å². The number of nitrogens with zero attached hydrogens (tertiary/aromatic N) is 1. The number of H-pyrrole nitrogens is 1. The molecule has 5 nitrogen and oxygen atoms in total. The Bertz CT molecular complexity index is 561. The van der Waals surface area contributed by atoms with Crippen LogP contribution in [0.2, 0.25) is 0 Å². The van der Waals surface area contributed by atoms with Crippen molar-refractivity contribution in [1.82, 2.24) is 10.2 Å². The summed E-state index contributed by atoms with van der Waals surface area (Å²) in [5, 5.41) is 15.7. The van der Waals surface area contributed by atoms with Gasteiger partial charge in [-0.05, 0) is 25.5 Å². The zero-order chi connectivity index (χ0) is 12.4. The number of para-hydroxylation sites is 1. The first kappa shape index (κ1) is 11.2. The molecular weight excluding hydrogens is 220 g/mol. The van der Waals surface area contributed by atoms with E-state index in [1.165, 1.54) is 6.07 Å². The van der Waals surface area contributed by atoms with Crippen LogP contribution in [0.4, 0.5) is 0 Å². The number of benzene rings is 1. The van der Waals surface area contributed by atoms with Crippen molar-refractivity contribution in [3.63, 3.8) is 0 Å². The summed E-state index contributed by atoms with van der Waals surface area (Å²) in [5.41, 5.74) is 1.74. The fourth-order valence-electron chi connectivity index (χ4n) is 1.51. The molecule has 17 heavy (non-hydrogen) atoms. The molecule has 88 valence electrons. The summed E-state index contributed by atoms with van der Waals surface area (Å²) in [4.78, 5) is 11.1. The van der Waals surface area contributed by atoms with Gasteiger partial charge in [0.2, 0.25) is 5.88 Å². The van der Waals surface area contributed by atoms with Crippen LogP contribution < -0.4 is 4.74 Å². The number of nitrogens with one attached hydrogen (secondary N) is 1. The molecule has 0 atom stereocenters. The third-order valence-electron chi connectivity index (χ3n) is 2.33. The average molecular weight is 232 g/mol. The highest BCUT2D eigenvalue weighted by Gasteiger charge is 2.14. The number of carboxylic acid groups (broad SMARTS) is 1. The standard InChI is InChI=1S/C12H12N2O3/c1-7-4-3-5-9(12(15)16)11(7)17-10-6-8(2)13-14-10/h3-6H,1-2H3,(H,13,14)(H,15,16). The molecule has 0 unspecified atom stereocenters. The van der Waals surface area contributed by atoms with Crippen molar-refractivity contribution in [2.24, 2.45) is 0 Å². The smallest absolute Gasteiger partial charge is 0.339 e. The van der Waals surface area contributed by atoms with E-state index in [9.17, 15) is 4.79 Å². The van der Waals surface area contributed by atoms with E-state index in [2.05, 4.69) is 10.2 Å². The Hall–Kier alpha value is -2.30. The Morgan fingerprint density at radius 3 is 2.76 bits per heavy atom. The monoisotopic (exact) mass is 232 g/mol. The number of carboxylic acids is 1. The van der Waals surface area contributed by atoms with Gasteiger partial charge in [-0.3, -0.25) is 5.10 Å². The van der Waals surface area contributed by atoms with Crippen LogP contribution in [0.25, 0.3) is 0 Å². The van der Waals surface area contributed by atoms with Crippen molar-refractivity contribution >= 4 is 5.97 Å². The van der Waals surface area contributed by atoms with Crippen LogP contribution in [0, 0.1) is 13.8 Å². The van der Waals surface area contributed by atoms with E-state index in [0.717, 1.165) is 11.3 Å². The van der Waals surface area contributed by atoms with Gasteiger partial charge in [0.05, 0.1) is 0 Å². The van der Waals surface area contributed by atoms with Crippen molar-refractivity contribution < 1.29 is 14.6 Å². The largest absolute Gasteiger partial charge is 0.478 e. The van der Waals surface area contributed by atoms with Gasteiger partial charge < -0.3 is 9.84 Å². The van der Waals surface area contributed by atoms with E-state index >= 15 is 0 Å². The van der Waals surface area contributed by atoms with Crippen LogP contribution in [0.15, 0.2) is 24.3 Å². The first-order valence-corrected chi connectivity index (χ1v) is 5.10. The Kier molecular flexibility index (Phi) is 2.82. The maximum atomic E-state index is 11.1. The lowest BCUT2D eigenvalue weighted by molar-refractivity contribution is 0.0694. The molecule has 0 aliphatic carbocycles. The first-order valence-electron chi connectivity index (χ1n) is 5.10. The van der Waals surface area contributed by atoms with Crippen LogP contribution in [0.3, 0.4) is 0 Å². The number of ether oxygens (including phenoxy) is 1. The number of aryl methyl sites for hydroxylation is 2. The van der Waals surface area contributed by atoms with Gasteiger partial charge in [-0.1, -0.05) is 12.1 Å². The van der Waals surface area contributed by atoms with Crippen LogP contribution in [-0.4, -0.2) is 21.3 Å². The molecule has 0 saturated heterocycles. The number of aromatic carboxylic acids is 1. The molecule has 0 aliphatic heterocycles. The van der Waals surface area contributed by atoms with Crippen LogP contribution >= 0.6 is 0 Å². The molecule has 1 aromatic heterocycles. The maximum absolute atomic E-state index is 11.1. The molecule has 0 radical (unpaired) electrons. The quantitative estimate of drug-likeness (QED) is 0.852. The van der Waals surface area contributed by atoms with Crippen molar-refractivity contribution in [3.05, 3.63) is 41.1 Å². The Morgan fingerprint density at radius 2 is 2.18 bits per heavy atom. The summed E-state index contributed by atoms with van der Waals surface area (Å²) >= 11 is 0. The minimum absolute atomic E-state index is 0.130. The fourth-order valence-corrected chi connectivity index (χ4v) is 1.51. The molecule has 1 heterocycles. The van der Waals surface area contributed by atoms with E-state index in [0.29, 0.717) is 11.6 Å². The summed E-state index contributed by atoms with van der Waals surface area (Å²) in [6, 6.07) is 6.69. The lowest BCUT2D eigenvalue weighted by Crippen LogP contribution is -2.01. The third-order valence-corrected chi connectivity index (χ3v) is 2.33. The highest BCUT2D eigenvalue weighted by Crippen LogP contribution is 2.28. The van der Waals surface area contributed by atoms with Gasteiger partial charge in [-0.25, -0.2) is 4.79 Å². The van der Waals surface area contributed by atoms with Gasteiger partial charge in [-0.15, -0.1) is 5.10 Å². The number of aromatic amines is 1. The molecule has 0 spiro atoms. The molecule has 2 rings (SSSR count).